The fourth-order valence-corrected chi connectivity index (χ4v) is 2.14. The molecule has 0 saturated heterocycles. The normalized spacial score (nSPS) is 15.1. The molecule has 2 rings (SSSR count). The standard InChI is InChI=1S/C16H19NO.ClH/c1-13(16(18)14-9-5-3-6-10-14)17(2)15-11-7-4-8-12-15;/h3-13,16,18H,1-2H3;1H/t13-,16+;/m1./s1. The molecule has 1 unspecified atom stereocenters. The molecule has 0 radical (unpaired) electrons. The number of aliphatic hydroxyl groups excluding tert-OH is 1. The molecule has 102 valence electrons. The van der Waals surface area contributed by atoms with E-state index in [1.807, 2.05) is 48.5 Å². The Kier molecular flexibility index (Phi) is 6.03. The van der Waals surface area contributed by atoms with Gasteiger partial charge in [0.05, 0.1) is 7.05 Å². The fraction of sp³-hybridized carbons (Fsp3) is 0.250. The first-order chi connectivity index (χ1) is 8.70. The minimum atomic E-state index is -0.452. The Balaban J connectivity index is 0.00000180. The van der Waals surface area contributed by atoms with Crippen molar-refractivity contribution in [3.05, 3.63) is 66.2 Å². The number of likely N-dealkylation sites (N-methyl/N-ethyl adjacent to an activating group) is 1. The highest BCUT2D eigenvalue weighted by atomic mass is 35.5. The van der Waals surface area contributed by atoms with Crippen molar-refractivity contribution >= 4 is 5.69 Å². The van der Waals surface area contributed by atoms with Crippen LogP contribution in [0.3, 0.4) is 0 Å². The van der Waals surface area contributed by atoms with Crippen LogP contribution >= 0.6 is 0 Å². The largest absolute Gasteiger partial charge is 1.00 e. The Morgan fingerprint density at radius 3 is 1.89 bits per heavy atom. The number of benzene rings is 2. The lowest BCUT2D eigenvalue weighted by Gasteiger charge is -2.25. The van der Waals surface area contributed by atoms with Crippen LogP contribution < -0.4 is 17.3 Å². The summed E-state index contributed by atoms with van der Waals surface area (Å²) in [5, 5.41) is 10.4. The van der Waals surface area contributed by atoms with E-state index in [2.05, 4.69) is 26.1 Å². The molecular formula is C16H20ClNO. The Hall–Kier alpha value is -1.35. The molecule has 0 amide bonds. The third-order valence-electron chi connectivity index (χ3n) is 3.53. The van der Waals surface area contributed by atoms with E-state index in [-0.39, 0.29) is 18.4 Å². The summed E-state index contributed by atoms with van der Waals surface area (Å²) in [7, 11) is 2.09. The SMILES string of the molecule is C[C@H]([C@H](O)c1ccccc1)[NH+](C)c1ccccc1.[Cl-]. The van der Waals surface area contributed by atoms with Crippen LogP contribution in [0, 0.1) is 0 Å². The zero-order valence-corrected chi connectivity index (χ0v) is 12.0. The highest BCUT2D eigenvalue weighted by Gasteiger charge is 2.24. The number of para-hydroxylation sites is 1. The lowest BCUT2D eigenvalue weighted by atomic mass is 10.0. The number of quaternary nitrogens is 1. The summed E-state index contributed by atoms with van der Waals surface area (Å²) in [6, 6.07) is 20.2. The van der Waals surface area contributed by atoms with Crippen LogP contribution in [0.25, 0.3) is 0 Å². The molecule has 2 nitrogen and oxygen atoms in total. The number of halogens is 1. The highest BCUT2D eigenvalue weighted by molar-refractivity contribution is 5.28. The maximum atomic E-state index is 10.4. The second-order valence-electron chi connectivity index (χ2n) is 4.69. The molecule has 2 N–H and O–H groups in total. The molecule has 2 aromatic carbocycles. The Labute approximate surface area is 121 Å². The van der Waals surface area contributed by atoms with Gasteiger partial charge in [0.15, 0.2) is 0 Å². The van der Waals surface area contributed by atoms with E-state index in [4.69, 9.17) is 0 Å². The minimum absolute atomic E-state index is 0. The molecule has 0 aromatic heterocycles. The minimum Gasteiger partial charge on any atom is -1.00 e. The van der Waals surface area contributed by atoms with Gasteiger partial charge in [-0.05, 0) is 24.6 Å². The Bertz CT molecular complexity index is 429. The third kappa shape index (κ3) is 3.80. The van der Waals surface area contributed by atoms with Crippen LogP contribution in [0.1, 0.15) is 18.6 Å². The first kappa shape index (κ1) is 15.7. The van der Waals surface area contributed by atoms with Crippen LogP contribution in [-0.2, 0) is 0 Å². The second-order valence-corrected chi connectivity index (χ2v) is 4.69. The van der Waals surface area contributed by atoms with Crippen LogP contribution in [0.2, 0.25) is 0 Å². The summed E-state index contributed by atoms with van der Waals surface area (Å²) in [4.78, 5) is 1.21. The lowest BCUT2D eigenvalue weighted by Crippen LogP contribution is -3.08. The van der Waals surface area contributed by atoms with Gasteiger partial charge in [0.1, 0.15) is 17.8 Å². The molecule has 0 aliphatic rings. The van der Waals surface area contributed by atoms with Crippen molar-refractivity contribution in [1.29, 1.82) is 0 Å². The molecule has 0 spiro atoms. The zero-order chi connectivity index (χ0) is 13.0. The molecule has 3 heteroatoms. The lowest BCUT2D eigenvalue weighted by molar-refractivity contribution is -0.842. The van der Waals surface area contributed by atoms with E-state index in [1.54, 1.807) is 0 Å². The Morgan fingerprint density at radius 1 is 0.895 bits per heavy atom. The summed E-state index contributed by atoms with van der Waals surface area (Å²) in [6.07, 6.45) is -0.452. The van der Waals surface area contributed by atoms with Crippen molar-refractivity contribution in [2.75, 3.05) is 7.05 Å². The topological polar surface area (TPSA) is 24.7 Å². The van der Waals surface area contributed by atoms with E-state index < -0.39 is 6.10 Å². The first-order valence-corrected chi connectivity index (χ1v) is 6.32. The maximum Gasteiger partial charge on any atom is 0.131 e. The number of hydrogen-bond donors (Lipinski definition) is 2. The van der Waals surface area contributed by atoms with Gasteiger partial charge in [-0.15, -0.1) is 0 Å². The van der Waals surface area contributed by atoms with Gasteiger partial charge in [-0.1, -0.05) is 48.5 Å². The molecule has 0 aliphatic carbocycles. The van der Waals surface area contributed by atoms with Gasteiger partial charge in [-0.2, -0.15) is 0 Å². The quantitative estimate of drug-likeness (QED) is 0.733. The van der Waals surface area contributed by atoms with Gasteiger partial charge in [0.2, 0.25) is 0 Å². The van der Waals surface area contributed by atoms with Crippen LogP contribution in [0.15, 0.2) is 60.7 Å². The van der Waals surface area contributed by atoms with Crippen molar-refractivity contribution in [2.24, 2.45) is 0 Å². The van der Waals surface area contributed by atoms with Crippen molar-refractivity contribution < 1.29 is 22.4 Å². The van der Waals surface area contributed by atoms with Crippen molar-refractivity contribution in [3.8, 4) is 0 Å². The monoisotopic (exact) mass is 277 g/mol. The van der Waals surface area contributed by atoms with Crippen LogP contribution in [-0.4, -0.2) is 18.2 Å². The zero-order valence-electron chi connectivity index (χ0n) is 11.3. The van der Waals surface area contributed by atoms with E-state index in [1.165, 1.54) is 10.6 Å². The fourth-order valence-electron chi connectivity index (χ4n) is 2.14. The van der Waals surface area contributed by atoms with Gasteiger partial charge in [0.25, 0.3) is 0 Å². The third-order valence-corrected chi connectivity index (χ3v) is 3.53. The van der Waals surface area contributed by atoms with E-state index in [0.717, 1.165) is 5.56 Å². The molecule has 2 aromatic rings. The number of rotatable bonds is 4. The predicted molar refractivity (Wildman–Crippen MR) is 73.9 cm³/mol. The maximum absolute atomic E-state index is 10.4. The van der Waals surface area contributed by atoms with Gasteiger partial charge >= 0.3 is 0 Å². The van der Waals surface area contributed by atoms with Crippen LogP contribution in [0.5, 0.6) is 0 Å². The molecule has 0 aliphatic heterocycles. The molecule has 0 bridgehead atoms. The molecule has 3 atom stereocenters. The second kappa shape index (κ2) is 7.29. The smallest absolute Gasteiger partial charge is 0.131 e. The number of aliphatic hydroxyl groups is 1. The van der Waals surface area contributed by atoms with Gasteiger partial charge in [0, 0.05) is 0 Å². The first-order valence-electron chi connectivity index (χ1n) is 6.32. The van der Waals surface area contributed by atoms with E-state index >= 15 is 0 Å². The van der Waals surface area contributed by atoms with E-state index in [9.17, 15) is 5.11 Å². The molecule has 0 heterocycles. The average molecular weight is 278 g/mol. The molecule has 0 saturated carbocycles. The summed E-state index contributed by atoms with van der Waals surface area (Å²) in [5.41, 5.74) is 2.17. The molecule has 19 heavy (non-hydrogen) atoms. The van der Waals surface area contributed by atoms with Crippen molar-refractivity contribution in [1.82, 2.24) is 0 Å². The van der Waals surface area contributed by atoms with Gasteiger partial charge in [-0.25, -0.2) is 0 Å². The van der Waals surface area contributed by atoms with E-state index in [0.29, 0.717) is 0 Å². The van der Waals surface area contributed by atoms with Crippen molar-refractivity contribution in [2.45, 2.75) is 19.1 Å². The Morgan fingerprint density at radius 2 is 1.37 bits per heavy atom. The summed E-state index contributed by atoms with van der Waals surface area (Å²) < 4.78 is 0. The highest BCUT2D eigenvalue weighted by Crippen LogP contribution is 2.15. The molecule has 0 fully saturated rings. The predicted octanol–water partition coefficient (Wildman–Crippen LogP) is -1.04. The summed E-state index contributed by atoms with van der Waals surface area (Å²) in [6.45, 7) is 2.07. The van der Waals surface area contributed by atoms with Gasteiger partial charge in [-0.3, -0.25) is 0 Å². The van der Waals surface area contributed by atoms with Crippen molar-refractivity contribution in [3.63, 3.8) is 0 Å². The van der Waals surface area contributed by atoms with Crippen LogP contribution in [0.4, 0.5) is 5.69 Å². The van der Waals surface area contributed by atoms with Gasteiger partial charge < -0.3 is 22.4 Å². The summed E-state index contributed by atoms with van der Waals surface area (Å²) >= 11 is 0. The number of nitrogens with one attached hydrogen (secondary N) is 1. The molecular weight excluding hydrogens is 258 g/mol. The average Bonchev–Trinajstić information content (AvgIpc) is 2.47. The number of hydrogen-bond acceptors (Lipinski definition) is 1. The summed E-state index contributed by atoms with van der Waals surface area (Å²) in [5.74, 6) is 0.